The Labute approximate surface area is 145 Å². The summed E-state index contributed by atoms with van der Waals surface area (Å²) in [7, 11) is 0. The maximum absolute atomic E-state index is 6.31. The number of rotatable bonds is 3. The van der Waals surface area contributed by atoms with Gasteiger partial charge in [0.2, 0.25) is 0 Å². The molecule has 0 radical (unpaired) electrons. The molecule has 1 heterocycles. The second kappa shape index (κ2) is 7.00. The number of benzene rings is 1. The van der Waals surface area contributed by atoms with Crippen molar-refractivity contribution >= 4 is 11.6 Å². The number of hydrogen-bond acceptors (Lipinski definition) is 3. The van der Waals surface area contributed by atoms with Gasteiger partial charge in [-0.25, -0.2) is 0 Å². The van der Waals surface area contributed by atoms with Gasteiger partial charge in [-0.15, -0.1) is 0 Å². The Morgan fingerprint density at radius 2 is 1.65 bits per heavy atom. The third-order valence-corrected chi connectivity index (χ3v) is 4.08. The molecule has 0 aliphatic carbocycles. The SMILES string of the molecule is CC(C)(C)ON1CCC(Oc2ccc(Cl)cc2C(C)(C)C)CC1. The summed E-state index contributed by atoms with van der Waals surface area (Å²) in [5, 5.41) is 2.82. The zero-order valence-corrected chi connectivity index (χ0v) is 16.0. The molecular formula is C19H30ClNO2. The molecule has 3 nitrogen and oxygen atoms in total. The molecule has 2 rings (SSSR count). The Balaban J connectivity index is 2.00. The van der Waals surface area contributed by atoms with Crippen molar-refractivity contribution in [3.63, 3.8) is 0 Å². The van der Waals surface area contributed by atoms with E-state index < -0.39 is 0 Å². The van der Waals surface area contributed by atoms with Gasteiger partial charge in [0.15, 0.2) is 0 Å². The minimum absolute atomic E-state index is 0.0102. The molecular weight excluding hydrogens is 310 g/mol. The first-order chi connectivity index (χ1) is 10.5. The lowest BCUT2D eigenvalue weighted by Gasteiger charge is -2.36. The van der Waals surface area contributed by atoms with Gasteiger partial charge in [0, 0.05) is 23.7 Å². The molecule has 0 atom stereocenters. The fourth-order valence-corrected chi connectivity index (χ4v) is 2.97. The average molecular weight is 340 g/mol. The summed E-state index contributed by atoms with van der Waals surface area (Å²) in [5.41, 5.74) is 1.04. The monoisotopic (exact) mass is 339 g/mol. The zero-order valence-electron chi connectivity index (χ0n) is 15.3. The summed E-state index contributed by atoms with van der Waals surface area (Å²) < 4.78 is 6.31. The quantitative estimate of drug-likeness (QED) is 0.754. The van der Waals surface area contributed by atoms with E-state index in [0.29, 0.717) is 0 Å². The standard InChI is InChI=1S/C19H30ClNO2/c1-18(2,3)16-13-14(20)7-8-17(16)22-15-9-11-21(12-10-15)23-19(4,5)6/h7-8,13,15H,9-12H2,1-6H3. The van der Waals surface area contributed by atoms with Crippen LogP contribution in [-0.2, 0) is 10.3 Å². The van der Waals surface area contributed by atoms with Crippen molar-refractivity contribution in [1.82, 2.24) is 5.06 Å². The number of nitrogens with zero attached hydrogens (tertiary/aromatic N) is 1. The van der Waals surface area contributed by atoms with Crippen molar-refractivity contribution < 1.29 is 9.57 Å². The van der Waals surface area contributed by atoms with E-state index in [1.54, 1.807) is 0 Å². The van der Waals surface area contributed by atoms with Crippen molar-refractivity contribution in [1.29, 1.82) is 0 Å². The Morgan fingerprint density at radius 1 is 1.04 bits per heavy atom. The van der Waals surface area contributed by atoms with Crippen LogP contribution in [0, 0.1) is 0 Å². The molecule has 0 bridgehead atoms. The molecule has 23 heavy (non-hydrogen) atoms. The highest BCUT2D eigenvalue weighted by molar-refractivity contribution is 6.30. The molecule has 1 aliphatic rings. The topological polar surface area (TPSA) is 21.7 Å². The van der Waals surface area contributed by atoms with Crippen LogP contribution < -0.4 is 4.74 Å². The zero-order chi connectivity index (χ0) is 17.3. The van der Waals surface area contributed by atoms with Crippen molar-refractivity contribution in [2.24, 2.45) is 0 Å². The van der Waals surface area contributed by atoms with E-state index in [4.69, 9.17) is 21.2 Å². The number of ether oxygens (including phenoxy) is 1. The average Bonchev–Trinajstić information content (AvgIpc) is 2.40. The second-order valence-electron chi connectivity index (χ2n) is 8.34. The van der Waals surface area contributed by atoms with E-state index in [0.717, 1.165) is 36.7 Å². The van der Waals surface area contributed by atoms with Crippen LogP contribution in [0.15, 0.2) is 18.2 Å². The van der Waals surface area contributed by atoms with E-state index >= 15 is 0 Å². The van der Waals surface area contributed by atoms with E-state index in [1.165, 1.54) is 5.56 Å². The van der Waals surface area contributed by atoms with Crippen LogP contribution in [0.2, 0.25) is 5.02 Å². The van der Waals surface area contributed by atoms with Gasteiger partial charge in [-0.3, -0.25) is 4.84 Å². The number of piperidine rings is 1. The number of hydroxylamine groups is 2. The summed E-state index contributed by atoms with van der Waals surface area (Å²) >= 11 is 6.17. The van der Waals surface area contributed by atoms with Gasteiger partial charge in [0.05, 0.1) is 5.60 Å². The largest absolute Gasteiger partial charge is 0.490 e. The molecule has 1 aromatic carbocycles. The molecule has 0 unspecified atom stereocenters. The third kappa shape index (κ3) is 5.66. The highest BCUT2D eigenvalue weighted by atomic mass is 35.5. The lowest BCUT2D eigenvalue weighted by Crippen LogP contribution is -2.42. The molecule has 4 heteroatoms. The third-order valence-electron chi connectivity index (χ3n) is 3.85. The normalized spacial score (nSPS) is 18.2. The van der Waals surface area contributed by atoms with Gasteiger partial charge in [0.25, 0.3) is 0 Å². The lowest BCUT2D eigenvalue weighted by molar-refractivity contribution is -0.240. The second-order valence-corrected chi connectivity index (χ2v) is 8.78. The minimum Gasteiger partial charge on any atom is -0.490 e. The summed E-state index contributed by atoms with van der Waals surface area (Å²) in [6.07, 6.45) is 2.18. The molecule has 1 aromatic rings. The van der Waals surface area contributed by atoms with Crippen molar-refractivity contribution in [2.75, 3.05) is 13.1 Å². The van der Waals surface area contributed by atoms with Gasteiger partial charge in [-0.2, -0.15) is 5.06 Å². The van der Waals surface area contributed by atoms with Gasteiger partial charge < -0.3 is 4.74 Å². The predicted molar refractivity (Wildman–Crippen MR) is 96.2 cm³/mol. The van der Waals surface area contributed by atoms with Gasteiger partial charge in [-0.1, -0.05) is 32.4 Å². The Kier molecular flexibility index (Phi) is 5.65. The van der Waals surface area contributed by atoms with Crippen LogP contribution >= 0.6 is 11.6 Å². The van der Waals surface area contributed by atoms with Crippen LogP contribution in [0.1, 0.15) is 59.9 Å². The Morgan fingerprint density at radius 3 is 2.17 bits per heavy atom. The molecule has 1 saturated heterocycles. The van der Waals surface area contributed by atoms with Crippen molar-refractivity contribution in [3.05, 3.63) is 28.8 Å². The van der Waals surface area contributed by atoms with Crippen molar-refractivity contribution in [3.8, 4) is 5.75 Å². The maximum Gasteiger partial charge on any atom is 0.123 e. The first kappa shape index (κ1) is 18.6. The number of halogens is 1. The highest BCUT2D eigenvalue weighted by Crippen LogP contribution is 2.35. The minimum atomic E-state index is -0.136. The molecule has 0 amide bonds. The fourth-order valence-electron chi connectivity index (χ4n) is 2.80. The fraction of sp³-hybridized carbons (Fsp3) is 0.684. The van der Waals surface area contributed by atoms with Crippen molar-refractivity contribution in [2.45, 2.75) is 71.5 Å². The van der Waals surface area contributed by atoms with Crippen LogP contribution in [0.5, 0.6) is 5.75 Å². The maximum atomic E-state index is 6.31. The molecule has 0 saturated carbocycles. The van der Waals surface area contributed by atoms with E-state index in [9.17, 15) is 0 Å². The molecule has 0 aromatic heterocycles. The lowest BCUT2D eigenvalue weighted by atomic mass is 9.86. The molecule has 0 N–H and O–H groups in total. The smallest absolute Gasteiger partial charge is 0.123 e. The molecule has 130 valence electrons. The van der Waals surface area contributed by atoms with Gasteiger partial charge in [0.1, 0.15) is 11.9 Å². The van der Waals surface area contributed by atoms with Crippen LogP contribution in [0.25, 0.3) is 0 Å². The molecule has 0 spiro atoms. The van der Waals surface area contributed by atoms with E-state index in [2.05, 4.69) is 46.6 Å². The summed E-state index contributed by atoms with van der Waals surface area (Å²) in [6, 6.07) is 5.93. The Hall–Kier alpha value is -0.770. The van der Waals surface area contributed by atoms with E-state index in [-0.39, 0.29) is 17.1 Å². The summed E-state index contributed by atoms with van der Waals surface area (Å²) in [5.74, 6) is 0.956. The highest BCUT2D eigenvalue weighted by Gasteiger charge is 2.26. The van der Waals surface area contributed by atoms with Crippen LogP contribution in [0.4, 0.5) is 0 Å². The summed E-state index contributed by atoms with van der Waals surface area (Å²) in [6.45, 7) is 14.6. The van der Waals surface area contributed by atoms with Gasteiger partial charge in [-0.05, 0) is 57.2 Å². The van der Waals surface area contributed by atoms with Crippen LogP contribution in [0.3, 0.4) is 0 Å². The van der Waals surface area contributed by atoms with Crippen LogP contribution in [-0.4, -0.2) is 29.9 Å². The van der Waals surface area contributed by atoms with Gasteiger partial charge >= 0.3 is 0 Å². The predicted octanol–water partition coefficient (Wildman–Crippen LogP) is 5.21. The first-order valence-corrected chi connectivity index (χ1v) is 8.83. The molecule has 1 fully saturated rings. The Bertz CT molecular complexity index is 523. The first-order valence-electron chi connectivity index (χ1n) is 8.45. The van der Waals surface area contributed by atoms with E-state index in [1.807, 2.05) is 18.2 Å². The summed E-state index contributed by atoms with van der Waals surface area (Å²) in [4.78, 5) is 5.93. The number of hydrogen-bond donors (Lipinski definition) is 0. The molecule has 1 aliphatic heterocycles.